The summed E-state index contributed by atoms with van der Waals surface area (Å²) in [4.78, 5) is 41.8. The highest BCUT2D eigenvalue weighted by atomic mass is 35.5. The Bertz CT molecular complexity index is 1760. The topological polar surface area (TPSA) is 127 Å². The van der Waals surface area contributed by atoms with E-state index in [9.17, 15) is 27.9 Å². The van der Waals surface area contributed by atoms with Crippen LogP contribution in [0.4, 0.5) is 0 Å². The highest BCUT2D eigenvalue weighted by Gasteiger charge is 2.49. The number of hydrogen-bond acceptors (Lipinski definition) is 8. The summed E-state index contributed by atoms with van der Waals surface area (Å²) in [7, 11) is -2.92. The second-order valence-electron chi connectivity index (χ2n) is 13.7. The fraction of sp³-hybridized carbons (Fsp3) is 0.400. The Kier molecular flexibility index (Phi) is 8.76. The van der Waals surface area contributed by atoms with E-state index in [0.717, 1.165) is 0 Å². The first kappa shape index (κ1) is 33.5. The van der Waals surface area contributed by atoms with Crippen molar-refractivity contribution in [2.45, 2.75) is 70.6 Å². The van der Waals surface area contributed by atoms with Crippen molar-refractivity contribution in [3.05, 3.63) is 87.7 Å². The summed E-state index contributed by atoms with van der Waals surface area (Å²) in [6, 6.07) is 8.90. The number of carboxylic acid groups (broad SMARTS) is 1. The number of allylic oxidation sites excluding steroid dienone is 5. The van der Waals surface area contributed by atoms with E-state index in [1.54, 1.807) is 23.1 Å². The van der Waals surface area contributed by atoms with Crippen molar-refractivity contribution >= 4 is 39.3 Å². The molecule has 0 aromatic heterocycles. The number of methoxy groups -OCH3 is 1. The molecule has 0 radical (unpaired) electrons. The molecule has 0 saturated heterocycles. The Morgan fingerprint density at radius 1 is 1.00 bits per heavy atom. The average Bonchev–Trinajstić information content (AvgIpc) is 2.93. The number of Topliss-reactive ketones (excluding diaryl/α,β-unsaturated/α-hetero) is 2. The van der Waals surface area contributed by atoms with Crippen LogP contribution in [-0.2, 0) is 30.9 Å². The third-order valence-corrected chi connectivity index (χ3v) is 10.2. The molecule has 3 aliphatic rings. The zero-order valence-electron chi connectivity index (χ0n) is 26.6. The maximum atomic E-state index is 14.0. The van der Waals surface area contributed by atoms with Gasteiger partial charge in [-0.25, -0.2) is 0 Å². The Hall–Kier alpha value is -3.89. The molecule has 244 valence electrons. The lowest BCUT2D eigenvalue weighted by atomic mass is 9.63. The molecule has 0 bridgehead atoms. The standard InChI is InChI=1S/C35H38ClNO8S/c1-7-8-20-13-21(14-28(44-6)33(20)45-46(42,43)23-11-9-22(36)10-12-23)30-31-24(15-34(2,3)17-26(31)38)37(19-29(40)41)25-16-35(4,5)18-27(39)32(25)30/h7,9-14,30H,1,8,15-19H2,2-6H3,(H,40,41). The summed E-state index contributed by atoms with van der Waals surface area (Å²) in [6.07, 6.45) is 3.12. The van der Waals surface area contributed by atoms with Crippen molar-refractivity contribution in [2.75, 3.05) is 13.7 Å². The van der Waals surface area contributed by atoms with Crippen molar-refractivity contribution in [2.24, 2.45) is 10.8 Å². The van der Waals surface area contributed by atoms with E-state index in [1.807, 2.05) is 27.7 Å². The number of hydrogen-bond donors (Lipinski definition) is 1. The number of ether oxygens (including phenoxy) is 1. The van der Waals surface area contributed by atoms with E-state index >= 15 is 0 Å². The Morgan fingerprint density at radius 2 is 1.54 bits per heavy atom. The number of nitrogens with zero attached hydrogens (tertiary/aromatic N) is 1. The van der Waals surface area contributed by atoms with E-state index in [4.69, 9.17) is 20.5 Å². The number of aliphatic carboxylic acids is 1. The number of carbonyl (C=O) groups is 3. The van der Waals surface area contributed by atoms with Crippen molar-refractivity contribution < 1.29 is 36.8 Å². The lowest BCUT2D eigenvalue weighted by Crippen LogP contribution is -2.45. The third kappa shape index (κ3) is 6.37. The Balaban J connectivity index is 1.75. The number of rotatable bonds is 9. The van der Waals surface area contributed by atoms with Gasteiger partial charge in [0.1, 0.15) is 11.4 Å². The molecule has 0 amide bonds. The predicted molar refractivity (Wildman–Crippen MR) is 173 cm³/mol. The van der Waals surface area contributed by atoms with E-state index in [-0.39, 0.29) is 53.8 Å². The first-order valence-electron chi connectivity index (χ1n) is 15.0. The van der Waals surface area contributed by atoms with Gasteiger partial charge >= 0.3 is 16.1 Å². The molecule has 1 N–H and O–H groups in total. The monoisotopic (exact) mass is 667 g/mol. The lowest BCUT2D eigenvalue weighted by molar-refractivity contribution is -0.138. The summed E-state index contributed by atoms with van der Waals surface area (Å²) in [5.41, 5.74) is 2.10. The minimum Gasteiger partial charge on any atom is -0.493 e. The summed E-state index contributed by atoms with van der Waals surface area (Å²) >= 11 is 5.96. The van der Waals surface area contributed by atoms with Gasteiger partial charge in [-0.2, -0.15) is 8.42 Å². The molecule has 9 nitrogen and oxygen atoms in total. The predicted octanol–water partition coefficient (Wildman–Crippen LogP) is 6.62. The third-order valence-electron chi connectivity index (χ3n) is 8.68. The SMILES string of the molecule is C=CCc1cc(C2C3=C(CC(C)(C)CC3=O)N(CC(=O)O)C3=C2C(=O)CC(C)(C)C3)cc(OC)c1OS(=O)(=O)c1ccc(Cl)cc1. The minimum absolute atomic E-state index is 0.0416. The van der Waals surface area contributed by atoms with Crippen LogP contribution in [0.5, 0.6) is 11.5 Å². The molecule has 0 unspecified atom stereocenters. The number of carboxylic acids is 1. The van der Waals surface area contributed by atoms with Gasteiger partial charge in [-0.15, -0.1) is 6.58 Å². The van der Waals surface area contributed by atoms with Gasteiger partial charge in [0, 0.05) is 51.9 Å². The molecule has 2 aliphatic carbocycles. The van der Waals surface area contributed by atoms with Crippen LogP contribution in [-0.4, -0.2) is 49.6 Å². The molecular formula is C35H38ClNO8S. The summed E-state index contributed by atoms with van der Waals surface area (Å²) < 4.78 is 38.0. The molecule has 0 saturated carbocycles. The van der Waals surface area contributed by atoms with Crippen LogP contribution < -0.4 is 8.92 Å². The van der Waals surface area contributed by atoms with Gasteiger partial charge in [0.15, 0.2) is 23.1 Å². The fourth-order valence-electron chi connectivity index (χ4n) is 6.87. The van der Waals surface area contributed by atoms with Gasteiger partial charge in [0.05, 0.1) is 7.11 Å². The maximum Gasteiger partial charge on any atom is 0.339 e. The number of benzene rings is 2. The van der Waals surface area contributed by atoms with Crippen molar-refractivity contribution in [3.8, 4) is 11.5 Å². The van der Waals surface area contributed by atoms with Gasteiger partial charge < -0.3 is 18.9 Å². The van der Waals surface area contributed by atoms with Crippen LogP contribution in [0.1, 0.15) is 70.4 Å². The maximum absolute atomic E-state index is 14.0. The highest BCUT2D eigenvalue weighted by Crippen LogP contribution is 2.55. The van der Waals surface area contributed by atoms with Crippen LogP contribution in [0.25, 0.3) is 0 Å². The molecule has 2 aromatic carbocycles. The van der Waals surface area contributed by atoms with Crippen molar-refractivity contribution in [1.82, 2.24) is 4.90 Å². The molecule has 0 spiro atoms. The molecule has 11 heteroatoms. The fourth-order valence-corrected chi connectivity index (χ4v) is 7.97. The van der Waals surface area contributed by atoms with Gasteiger partial charge in [-0.1, -0.05) is 51.4 Å². The van der Waals surface area contributed by atoms with Gasteiger partial charge in [0.25, 0.3) is 0 Å². The van der Waals surface area contributed by atoms with Crippen LogP contribution in [0, 0.1) is 10.8 Å². The Morgan fingerprint density at radius 3 is 2.02 bits per heavy atom. The van der Waals surface area contributed by atoms with Gasteiger partial charge in [-0.05, 0) is 66.0 Å². The van der Waals surface area contributed by atoms with Crippen LogP contribution in [0.3, 0.4) is 0 Å². The summed E-state index contributed by atoms with van der Waals surface area (Å²) in [5.74, 6) is -2.14. The second kappa shape index (κ2) is 12.0. The highest BCUT2D eigenvalue weighted by molar-refractivity contribution is 7.87. The van der Waals surface area contributed by atoms with E-state index in [2.05, 4.69) is 6.58 Å². The molecule has 5 rings (SSSR count). The normalized spacial score (nSPS) is 19.5. The first-order valence-corrected chi connectivity index (χ1v) is 16.8. The van der Waals surface area contributed by atoms with Crippen molar-refractivity contribution in [1.29, 1.82) is 0 Å². The molecule has 46 heavy (non-hydrogen) atoms. The second-order valence-corrected chi connectivity index (χ2v) is 15.7. The van der Waals surface area contributed by atoms with Crippen LogP contribution in [0.15, 0.2) is 76.5 Å². The smallest absolute Gasteiger partial charge is 0.339 e. The van der Waals surface area contributed by atoms with E-state index in [0.29, 0.717) is 51.5 Å². The largest absolute Gasteiger partial charge is 0.493 e. The van der Waals surface area contributed by atoms with Gasteiger partial charge in [0.2, 0.25) is 0 Å². The molecule has 1 heterocycles. The number of halogens is 1. The van der Waals surface area contributed by atoms with E-state index < -0.39 is 32.8 Å². The number of ketones is 2. The molecular weight excluding hydrogens is 630 g/mol. The first-order chi connectivity index (χ1) is 21.5. The minimum atomic E-state index is -4.30. The van der Waals surface area contributed by atoms with Crippen molar-refractivity contribution in [3.63, 3.8) is 0 Å². The van der Waals surface area contributed by atoms with Crippen LogP contribution >= 0.6 is 11.6 Å². The summed E-state index contributed by atoms with van der Waals surface area (Å²) in [5, 5.41) is 10.3. The quantitative estimate of drug-likeness (QED) is 0.232. The van der Waals surface area contributed by atoms with E-state index in [1.165, 1.54) is 31.4 Å². The zero-order chi connectivity index (χ0) is 33.8. The number of carbonyl (C=O) groups excluding carboxylic acids is 2. The summed E-state index contributed by atoms with van der Waals surface area (Å²) in [6.45, 7) is 11.3. The molecule has 2 aromatic rings. The van der Waals surface area contributed by atoms with Crippen LogP contribution in [0.2, 0.25) is 5.02 Å². The lowest BCUT2D eigenvalue weighted by Gasteiger charge is -2.48. The zero-order valence-corrected chi connectivity index (χ0v) is 28.2. The molecule has 0 atom stereocenters. The molecule has 1 aliphatic heterocycles. The molecule has 0 fully saturated rings. The Labute approximate surface area is 274 Å². The van der Waals surface area contributed by atoms with Gasteiger partial charge in [-0.3, -0.25) is 14.4 Å². The average molecular weight is 668 g/mol.